The molecule has 11 nitrogen and oxygen atoms in total. The molecule has 0 saturated heterocycles. The molecule has 1 aliphatic carbocycles. The molecule has 0 atom stereocenters. The van der Waals surface area contributed by atoms with Crippen molar-refractivity contribution in [1.29, 1.82) is 0 Å². The van der Waals surface area contributed by atoms with Gasteiger partial charge >= 0.3 is 6.09 Å². The fourth-order valence-electron chi connectivity index (χ4n) is 4.27. The smallest absolute Gasteiger partial charge is 0.407 e. The van der Waals surface area contributed by atoms with Crippen molar-refractivity contribution in [3.05, 3.63) is 100 Å². The average molecular weight is 549 g/mol. The number of amides is 1. The van der Waals surface area contributed by atoms with Crippen LogP contribution in [0.3, 0.4) is 0 Å². The third kappa shape index (κ3) is 4.81. The normalized spacial score (nSPS) is 12.6. The number of hydrogen-bond acceptors (Lipinski definition) is 8. The van der Waals surface area contributed by atoms with Gasteiger partial charge in [0.05, 0.1) is 23.1 Å². The molecule has 12 heteroatoms. The molecule has 0 fully saturated rings. The molecule has 0 radical (unpaired) electrons. The van der Waals surface area contributed by atoms with Crippen LogP contribution in [0, 0.1) is 6.92 Å². The minimum atomic E-state index is -4.12. The third-order valence-corrected chi connectivity index (χ3v) is 8.04. The number of carbonyl (C=O) groups is 3. The van der Waals surface area contributed by atoms with E-state index in [1.54, 1.807) is 43.5 Å². The van der Waals surface area contributed by atoms with Crippen molar-refractivity contribution in [1.82, 2.24) is 19.5 Å². The van der Waals surface area contributed by atoms with Gasteiger partial charge in [0.15, 0.2) is 5.78 Å². The van der Waals surface area contributed by atoms with Crippen molar-refractivity contribution in [2.45, 2.75) is 24.8 Å². The first-order valence-corrected chi connectivity index (χ1v) is 13.4. The molecule has 1 aliphatic rings. The zero-order valence-corrected chi connectivity index (χ0v) is 21.9. The van der Waals surface area contributed by atoms with Crippen molar-refractivity contribution >= 4 is 27.7 Å². The monoisotopic (exact) mass is 548 g/mol. The SMILES string of the molecule is COc1ccc(COC(=O)NCCc2[nH]nc3c2C(=O)c2ccn(S(=O)(=O)c4ccc(C)cc4)c2C3=O)cc1. The van der Waals surface area contributed by atoms with E-state index in [2.05, 4.69) is 15.5 Å². The Balaban J connectivity index is 1.27. The summed E-state index contributed by atoms with van der Waals surface area (Å²) in [6.07, 6.45) is 0.712. The molecule has 0 bridgehead atoms. The number of nitrogens with one attached hydrogen (secondary N) is 2. The van der Waals surface area contributed by atoms with E-state index in [-0.39, 0.29) is 47.0 Å². The van der Waals surface area contributed by atoms with Gasteiger partial charge in [-0.05, 0) is 42.8 Å². The number of alkyl carbamates (subject to hydrolysis) is 1. The van der Waals surface area contributed by atoms with E-state index in [9.17, 15) is 22.8 Å². The topological polar surface area (TPSA) is 149 Å². The Bertz CT molecular complexity index is 1680. The maximum Gasteiger partial charge on any atom is 0.407 e. The molecule has 0 unspecified atom stereocenters. The first kappa shape index (κ1) is 25.9. The molecular formula is C27H24N4O7S. The number of H-pyrrole nitrogens is 1. The number of carbonyl (C=O) groups excluding carboxylic acids is 3. The van der Waals surface area contributed by atoms with Crippen LogP contribution in [0.1, 0.15) is 48.9 Å². The second-order valence-corrected chi connectivity index (χ2v) is 10.7. The number of ether oxygens (including phenoxy) is 2. The number of aromatic amines is 1. The second-order valence-electron chi connectivity index (χ2n) is 8.88. The molecule has 39 heavy (non-hydrogen) atoms. The number of nitrogens with zero attached hydrogens (tertiary/aromatic N) is 2. The number of benzene rings is 2. The van der Waals surface area contributed by atoms with E-state index in [0.29, 0.717) is 11.4 Å². The number of hydrogen-bond donors (Lipinski definition) is 2. The average Bonchev–Trinajstić information content (AvgIpc) is 3.57. The van der Waals surface area contributed by atoms with Crippen LogP contribution in [-0.2, 0) is 27.8 Å². The van der Waals surface area contributed by atoms with Gasteiger partial charge < -0.3 is 14.8 Å². The van der Waals surface area contributed by atoms with Crippen LogP contribution >= 0.6 is 0 Å². The van der Waals surface area contributed by atoms with Crippen LogP contribution in [0.4, 0.5) is 4.79 Å². The highest BCUT2D eigenvalue weighted by molar-refractivity contribution is 7.90. The lowest BCUT2D eigenvalue weighted by molar-refractivity contribution is 0.0973. The zero-order valence-electron chi connectivity index (χ0n) is 21.1. The highest BCUT2D eigenvalue weighted by Crippen LogP contribution is 2.31. The largest absolute Gasteiger partial charge is 0.497 e. The summed E-state index contributed by atoms with van der Waals surface area (Å²) in [5.74, 6) is -0.520. The van der Waals surface area contributed by atoms with Crippen molar-refractivity contribution in [2.24, 2.45) is 0 Å². The molecule has 200 valence electrons. The number of fused-ring (bicyclic) bond motifs is 2. The Labute approximate surface area is 223 Å². The minimum Gasteiger partial charge on any atom is -0.497 e. The van der Waals surface area contributed by atoms with Crippen LogP contribution in [0.25, 0.3) is 0 Å². The first-order valence-electron chi connectivity index (χ1n) is 11.9. The number of ketones is 2. The summed E-state index contributed by atoms with van der Waals surface area (Å²) >= 11 is 0. The predicted molar refractivity (Wildman–Crippen MR) is 139 cm³/mol. The molecule has 1 amide bonds. The second kappa shape index (κ2) is 10.2. The molecule has 2 heterocycles. The molecule has 5 rings (SSSR count). The Morgan fingerprint density at radius 3 is 2.44 bits per heavy atom. The van der Waals surface area contributed by atoms with E-state index < -0.39 is 27.7 Å². The van der Waals surface area contributed by atoms with Crippen LogP contribution in [0.5, 0.6) is 5.75 Å². The zero-order chi connectivity index (χ0) is 27.7. The van der Waals surface area contributed by atoms with Gasteiger partial charge in [0.1, 0.15) is 23.7 Å². The summed E-state index contributed by atoms with van der Waals surface area (Å²) in [5, 5.41) is 9.29. The number of aromatic nitrogens is 3. The molecule has 2 aromatic carbocycles. The summed E-state index contributed by atoms with van der Waals surface area (Å²) in [4.78, 5) is 38.7. The summed E-state index contributed by atoms with van der Waals surface area (Å²) in [6, 6.07) is 14.6. The number of methoxy groups -OCH3 is 1. The van der Waals surface area contributed by atoms with Gasteiger partial charge in [0, 0.05) is 24.9 Å². The molecule has 0 saturated carbocycles. The molecule has 2 aromatic heterocycles. The van der Waals surface area contributed by atoms with Gasteiger partial charge in [-0.1, -0.05) is 29.8 Å². The molecule has 2 N–H and O–H groups in total. The standard InChI is InChI=1S/C27H24N4O7S/c1-16-3-9-19(10-4-16)39(35,36)31-14-12-20-24(31)26(33)23-22(25(20)32)21(29-30-23)11-13-28-27(34)38-15-17-5-7-18(37-2)8-6-17/h3-10,12,14H,11,13,15H2,1-2H3,(H,28,34)(H,29,30). The van der Waals surface area contributed by atoms with Crippen molar-refractivity contribution in [3.63, 3.8) is 0 Å². The maximum absolute atomic E-state index is 13.3. The highest BCUT2D eigenvalue weighted by atomic mass is 32.2. The van der Waals surface area contributed by atoms with Crippen molar-refractivity contribution in [3.8, 4) is 5.75 Å². The van der Waals surface area contributed by atoms with Gasteiger partial charge in [-0.25, -0.2) is 17.2 Å². The van der Waals surface area contributed by atoms with E-state index in [1.165, 1.54) is 24.4 Å². The van der Waals surface area contributed by atoms with Gasteiger partial charge in [0.25, 0.3) is 10.0 Å². The number of rotatable bonds is 8. The lowest BCUT2D eigenvalue weighted by atomic mass is 9.91. The van der Waals surface area contributed by atoms with Crippen LogP contribution in [-0.4, -0.2) is 53.9 Å². The Kier molecular flexibility index (Phi) is 6.79. The van der Waals surface area contributed by atoms with Crippen LogP contribution in [0.15, 0.2) is 65.7 Å². The Hall–Kier alpha value is -4.71. The van der Waals surface area contributed by atoms with Gasteiger partial charge in [-0.3, -0.25) is 14.7 Å². The molecule has 0 spiro atoms. The quantitative estimate of drug-likeness (QED) is 0.301. The predicted octanol–water partition coefficient (Wildman–Crippen LogP) is 3.01. The van der Waals surface area contributed by atoms with Gasteiger partial charge in [-0.15, -0.1) is 0 Å². The Morgan fingerprint density at radius 1 is 1.03 bits per heavy atom. The van der Waals surface area contributed by atoms with E-state index >= 15 is 0 Å². The molecule has 0 aliphatic heterocycles. The lowest BCUT2D eigenvalue weighted by Gasteiger charge is -2.15. The number of aryl methyl sites for hydroxylation is 1. The summed E-state index contributed by atoms with van der Waals surface area (Å²) in [7, 11) is -2.56. The first-order chi connectivity index (χ1) is 18.7. The van der Waals surface area contributed by atoms with Crippen LogP contribution in [0.2, 0.25) is 0 Å². The lowest BCUT2D eigenvalue weighted by Crippen LogP contribution is -2.28. The van der Waals surface area contributed by atoms with E-state index in [4.69, 9.17) is 9.47 Å². The van der Waals surface area contributed by atoms with E-state index in [1.807, 2.05) is 6.92 Å². The van der Waals surface area contributed by atoms with Gasteiger partial charge in [0.2, 0.25) is 5.78 Å². The molecule has 4 aromatic rings. The fraction of sp³-hybridized carbons (Fsp3) is 0.185. The Morgan fingerprint density at radius 2 is 1.74 bits per heavy atom. The maximum atomic E-state index is 13.3. The van der Waals surface area contributed by atoms with Gasteiger partial charge in [-0.2, -0.15) is 5.10 Å². The van der Waals surface area contributed by atoms with Crippen molar-refractivity contribution < 1.29 is 32.3 Å². The minimum absolute atomic E-state index is 0.00906. The fourth-order valence-corrected chi connectivity index (χ4v) is 5.62. The summed E-state index contributed by atoms with van der Waals surface area (Å²) < 4.78 is 37.6. The highest BCUT2D eigenvalue weighted by Gasteiger charge is 2.39. The summed E-state index contributed by atoms with van der Waals surface area (Å²) in [6.45, 7) is 1.99. The van der Waals surface area contributed by atoms with Crippen molar-refractivity contribution in [2.75, 3.05) is 13.7 Å². The van der Waals surface area contributed by atoms with Crippen LogP contribution < -0.4 is 10.1 Å². The summed E-state index contributed by atoms with van der Waals surface area (Å²) in [5.41, 5.74) is 1.62. The third-order valence-electron chi connectivity index (χ3n) is 6.35. The molecular weight excluding hydrogens is 524 g/mol. The van der Waals surface area contributed by atoms with E-state index in [0.717, 1.165) is 15.1 Å².